The summed E-state index contributed by atoms with van der Waals surface area (Å²) in [6.45, 7) is 14.9. The van der Waals surface area contributed by atoms with Crippen molar-refractivity contribution in [3.63, 3.8) is 0 Å². The van der Waals surface area contributed by atoms with Crippen molar-refractivity contribution in [2.45, 2.75) is 85.5 Å². The minimum atomic E-state index is -0.965. The molecule has 0 bridgehead atoms. The summed E-state index contributed by atoms with van der Waals surface area (Å²) in [4.78, 5) is 25.5. The van der Waals surface area contributed by atoms with Gasteiger partial charge in [0.2, 0.25) is 0 Å². The van der Waals surface area contributed by atoms with Gasteiger partial charge in [0, 0.05) is 31.3 Å². The van der Waals surface area contributed by atoms with Crippen molar-refractivity contribution in [3.8, 4) is 28.7 Å². The van der Waals surface area contributed by atoms with Gasteiger partial charge in [0.15, 0.2) is 6.04 Å². The van der Waals surface area contributed by atoms with Gasteiger partial charge in [-0.15, -0.1) is 0 Å². The first kappa shape index (κ1) is 40.4. The number of benzene rings is 4. The minimum Gasteiger partial charge on any atom is -0.489 e. The largest absolute Gasteiger partial charge is 0.489 e. The van der Waals surface area contributed by atoms with E-state index in [0.29, 0.717) is 43.3 Å². The Bertz CT molecular complexity index is 1860. The summed E-state index contributed by atoms with van der Waals surface area (Å²) in [5.74, 6) is 0.731. The number of nitriles is 1. The van der Waals surface area contributed by atoms with Crippen LogP contribution in [-0.2, 0) is 34.0 Å². The number of rotatable bonds is 16. The number of esters is 1. The normalized spacial score (nSPS) is 12.0. The second-order valence-electron chi connectivity index (χ2n) is 14.7. The molecule has 0 aliphatic rings. The molecule has 2 amide bonds. The lowest BCUT2D eigenvalue weighted by atomic mass is 9.97. The summed E-state index contributed by atoms with van der Waals surface area (Å²) in [6, 6.07) is 30.3. The molecule has 0 aliphatic heterocycles. The van der Waals surface area contributed by atoms with E-state index < -0.39 is 29.2 Å². The number of carbonyl (C=O) groups is 2. The third-order valence-electron chi connectivity index (χ3n) is 8.00. The molecule has 0 heterocycles. The number of nitrogens with zero attached hydrogens (tertiary/aromatic N) is 1. The maximum Gasteiger partial charge on any atom is 0.331 e. The molecule has 0 spiro atoms. The maximum atomic E-state index is 12.8. The third kappa shape index (κ3) is 13.6. The van der Waals surface area contributed by atoms with Crippen LogP contribution >= 0.6 is 0 Å². The smallest absolute Gasteiger partial charge is 0.331 e. The standard InChI is InChI=1S/C43H52N4O6/c1-30-35(17-12-18-37(30)33-15-9-8-10-16-33)28-50-36-20-19-34(39(24-36)51-27-32-14-11-13-31(23-32)25-44)26-45-21-22-46-41(49)47-38(29-52-42(2,3)4)40(48)53-43(5,6)7/h8-20,23-24,38,45H,21-22,26-29H2,1-7H3,(H2,46,47,49)/t38-/m0/s1. The van der Waals surface area contributed by atoms with Gasteiger partial charge in [-0.25, -0.2) is 9.59 Å². The molecule has 0 saturated carbocycles. The number of amides is 2. The number of hydrogen-bond donors (Lipinski definition) is 3. The molecule has 0 aliphatic carbocycles. The van der Waals surface area contributed by atoms with Crippen molar-refractivity contribution in [3.05, 3.63) is 119 Å². The highest BCUT2D eigenvalue weighted by molar-refractivity contribution is 5.83. The molecule has 10 heteroatoms. The second kappa shape index (κ2) is 18.9. The molecular weight excluding hydrogens is 668 g/mol. The van der Waals surface area contributed by atoms with Crippen molar-refractivity contribution in [1.29, 1.82) is 5.26 Å². The van der Waals surface area contributed by atoms with Gasteiger partial charge < -0.3 is 34.9 Å². The highest BCUT2D eigenvalue weighted by Crippen LogP contribution is 2.29. The third-order valence-corrected chi connectivity index (χ3v) is 8.00. The van der Waals surface area contributed by atoms with Crippen LogP contribution in [0.2, 0.25) is 0 Å². The highest BCUT2D eigenvalue weighted by Gasteiger charge is 2.28. The summed E-state index contributed by atoms with van der Waals surface area (Å²) < 4.78 is 23.8. The zero-order valence-electron chi connectivity index (χ0n) is 31.9. The van der Waals surface area contributed by atoms with Crippen LogP contribution in [0.15, 0.2) is 91.0 Å². The molecule has 4 aromatic rings. The van der Waals surface area contributed by atoms with Gasteiger partial charge in [0.1, 0.15) is 30.3 Å². The molecule has 280 valence electrons. The number of nitrogens with one attached hydrogen (secondary N) is 3. The molecule has 1 atom stereocenters. The molecule has 3 N–H and O–H groups in total. The van der Waals surface area contributed by atoms with E-state index in [0.717, 1.165) is 27.8 Å². The fourth-order valence-corrected chi connectivity index (χ4v) is 5.30. The molecule has 4 rings (SSSR count). The van der Waals surface area contributed by atoms with Crippen LogP contribution in [-0.4, -0.2) is 48.9 Å². The van der Waals surface area contributed by atoms with Gasteiger partial charge in [-0.2, -0.15) is 5.26 Å². The van der Waals surface area contributed by atoms with E-state index in [4.69, 9.17) is 18.9 Å². The van der Waals surface area contributed by atoms with E-state index in [1.165, 1.54) is 5.56 Å². The van der Waals surface area contributed by atoms with E-state index in [1.807, 2.05) is 75.4 Å². The Labute approximate surface area is 313 Å². The molecule has 53 heavy (non-hydrogen) atoms. The Kier molecular flexibility index (Phi) is 14.4. The molecule has 0 aromatic heterocycles. The van der Waals surface area contributed by atoms with Crippen molar-refractivity contribution in [2.24, 2.45) is 0 Å². The molecule has 0 fully saturated rings. The maximum absolute atomic E-state index is 12.8. The molecule has 0 saturated heterocycles. The zero-order valence-corrected chi connectivity index (χ0v) is 31.9. The fraction of sp³-hybridized carbons (Fsp3) is 0.372. The first-order valence-electron chi connectivity index (χ1n) is 17.8. The molecule has 10 nitrogen and oxygen atoms in total. The number of hydrogen-bond acceptors (Lipinski definition) is 8. The summed E-state index contributed by atoms with van der Waals surface area (Å²) >= 11 is 0. The average Bonchev–Trinajstić information content (AvgIpc) is 3.11. The van der Waals surface area contributed by atoms with Gasteiger partial charge in [0.05, 0.1) is 23.8 Å². The van der Waals surface area contributed by atoms with Gasteiger partial charge in [0.25, 0.3) is 0 Å². The first-order valence-corrected chi connectivity index (χ1v) is 17.8. The Morgan fingerprint density at radius 1 is 0.792 bits per heavy atom. The summed E-state index contributed by atoms with van der Waals surface area (Å²) in [5.41, 5.74) is 5.70. The fourth-order valence-electron chi connectivity index (χ4n) is 5.30. The van der Waals surface area contributed by atoms with Gasteiger partial charge >= 0.3 is 12.0 Å². The monoisotopic (exact) mass is 720 g/mol. The lowest BCUT2D eigenvalue weighted by Gasteiger charge is -2.27. The second-order valence-corrected chi connectivity index (χ2v) is 14.7. The molecule has 0 radical (unpaired) electrons. The van der Waals surface area contributed by atoms with E-state index >= 15 is 0 Å². The Hall–Kier alpha value is -5.37. The molecular formula is C43H52N4O6. The van der Waals surface area contributed by atoms with Gasteiger partial charge in [-0.1, -0.05) is 66.7 Å². The van der Waals surface area contributed by atoms with Crippen LogP contribution < -0.4 is 25.4 Å². The van der Waals surface area contributed by atoms with Crippen LogP contribution in [0.3, 0.4) is 0 Å². The first-order chi connectivity index (χ1) is 25.2. The van der Waals surface area contributed by atoms with Crippen LogP contribution in [0.25, 0.3) is 11.1 Å². The quantitative estimate of drug-likeness (QED) is 0.0797. The topological polar surface area (TPSA) is 131 Å². The van der Waals surface area contributed by atoms with Gasteiger partial charge in [-0.05, 0) is 94.5 Å². The summed E-state index contributed by atoms with van der Waals surface area (Å²) in [5, 5.41) is 18.2. The summed E-state index contributed by atoms with van der Waals surface area (Å²) in [6.07, 6.45) is 0. The number of carbonyl (C=O) groups excluding carboxylic acids is 2. The average molecular weight is 721 g/mol. The zero-order chi connectivity index (χ0) is 38.4. The van der Waals surface area contributed by atoms with E-state index in [2.05, 4.69) is 53.2 Å². The Balaban J connectivity index is 1.38. The lowest BCUT2D eigenvalue weighted by Crippen LogP contribution is -2.51. The van der Waals surface area contributed by atoms with Crippen molar-refractivity contribution in [2.75, 3.05) is 19.7 Å². The molecule has 0 unspecified atom stereocenters. The minimum absolute atomic E-state index is 0.0208. The number of ether oxygens (including phenoxy) is 4. The predicted octanol–water partition coefficient (Wildman–Crippen LogP) is 7.61. The number of urea groups is 1. The van der Waals surface area contributed by atoms with Gasteiger partial charge in [-0.3, -0.25) is 0 Å². The molecule has 4 aromatic carbocycles. The van der Waals surface area contributed by atoms with Crippen molar-refractivity contribution in [1.82, 2.24) is 16.0 Å². The Morgan fingerprint density at radius 3 is 2.26 bits per heavy atom. The van der Waals surface area contributed by atoms with E-state index in [1.54, 1.807) is 32.9 Å². The highest BCUT2D eigenvalue weighted by atomic mass is 16.6. The van der Waals surface area contributed by atoms with Crippen molar-refractivity contribution < 1.29 is 28.5 Å². The predicted molar refractivity (Wildman–Crippen MR) is 206 cm³/mol. The van der Waals surface area contributed by atoms with Crippen LogP contribution in [0.4, 0.5) is 4.79 Å². The Morgan fingerprint density at radius 2 is 1.55 bits per heavy atom. The van der Waals surface area contributed by atoms with Crippen molar-refractivity contribution >= 4 is 12.0 Å². The van der Waals surface area contributed by atoms with E-state index in [9.17, 15) is 14.9 Å². The van der Waals surface area contributed by atoms with Crippen LogP contribution in [0.5, 0.6) is 11.5 Å². The van der Waals surface area contributed by atoms with Crippen LogP contribution in [0.1, 0.15) is 69.4 Å². The SMILES string of the molecule is Cc1c(COc2ccc(CNCCNC(=O)N[C@@H](COC(C)(C)C)C(=O)OC(C)(C)C)c(OCc3cccc(C#N)c3)c2)cccc1-c1ccccc1. The van der Waals surface area contributed by atoms with Crippen LogP contribution in [0, 0.1) is 18.3 Å². The van der Waals surface area contributed by atoms with E-state index in [-0.39, 0.29) is 13.2 Å². The lowest BCUT2D eigenvalue weighted by molar-refractivity contribution is -0.160. The summed E-state index contributed by atoms with van der Waals surface area (Å²) in [7, 11) is 0.